The van der Waals surface area contributed by atoms with Crippen LogP contribution in [-0.4, -0.2) is 46.5 Å². The lowest BCUT2D eigenvalue weighted by atomic mass is 9.97. The first kappa shape index (κ1) is 24.1. The van der Waals surface area contributed by atoms with Crippen LogP contribution in [0.2, 0.25) is 0 Å². The maximum absolute atomic E-state index is 13.0. The van der Waals surface area contributed by atoms with Crippen LogP contribution in [0, 0.1) is 5.92 Å². The molecule has 180 valence electrons. The molecule has 0 saturated carbocycles. The van der Waals surface area contributed by atoms with Crippen molar-refractivity contribution in [3.8, 4) is 0 Å². The summed E-state index contributed by atoms with van der Waals surface area (Å²) in [5.41, 5.74) is 3.20. The Bertz CT molecular complexity index is 1200. The van der Waals surface area contributed by atoms with Crippen LogP contribution < -0.4 is 5.32 Å². The van der Waals surface area contributed by atoms with Crippen LogP contribution in [0.5, 0.6) is 0 Å². The molecule has 4 rings (SSSR count). The molecule has 1 aromatic heterocycles. The number of sulfonamides is 1. The summed E-state index contributed by atoms with van der Waals surface area (Å²) in [6, 6.07) is 15.1. The highest BCUT2D eigenvalue weighted by Crippen LogP contribution is 2.25. The molecule has 2 aromatic carbocycles. The molecule has 3 aromatic rings. The average Bonchev–Trinajstić information content (AvgIpc) is 3.36. The van der Waals surface area contributed by atoms with Gasteiger partial charge in [0.25, 0.3) is 0 Å². The molecule has 0 aliphatic carbocycles. The third kappa shape index (κ3) is 5.71. The van der Waals surface area contributed by atoms with Crippen molar-refractivity contribution in [1.82, 2.24) is 24.4 Å². The van der Waals surface area contributed by atoms with E-state index in [2.05, 4.69) is 29.2 Å². The number of aromatic nitrogens is 3. The van der Waals surface area contributed by atoms with Gasteiger partial charge in [0, 0.05) is 25.6 Å². The molecular formula is C25H31N5O3S. The Labute approximate surface area is 201 Å². The molecule has 0 unspecified atom stereocenters. The quantitative estimate of drug-likeness (QED) is 0.533. The van der Waals surface area contributed by atoms with E-state index in [0.29, 0.717) is 49.8 Å². The van der Waals surface area contributed by atoms with E-state index < -0.39 is 10.0 Å². The highest BCUT2D eigenvalue weighted by atomic mass is 32.2. The fourth-order valence-corrected chi connectivity index (χ4v) is 5.67. The van der Waals surface area contributed by atoms with Crippen LogP contribution in [0.15, 0.2) is 66.1 Å². The Kier molecular flexibility index (Phi) is 7.43. The molecule has 9 heteroatoms. The number of nitrogens with one attached hydrogen (secondary N) is 1. The standard InChI is InChI=1S/C25H31N5O3S/c1-19(2)22-6-8-24(9-7-22)34(32,33)30-12-10-23(11-13-30)25(31)27-15-20-4-3-5-21(14-20)16-29-18-26-17-28-29/h3-9,14,17-19,23H,10-13,15-16H2,1-2H3,(H,27,31). The zero-order chi connectivity index (χ0) is 24.1. The highest BCUT2D eigenvalue weighted by molar-refractivity contribution is 7.89. The molecule has 1 amide bonds. The molecule has 0 radical (unpaired) electrons. The number of hydrogen-bond acceptors (Lipinski definition) is 5. The number of carbonyl (C=O) groups is 1. The normalized spacial score (nSPS) is 15.5. The van der Waals surface area contributed by atoms with Gasteiger partial charge in [-0.15, -0.1) is 0 Å². The first-order chi connectivity index (χ1) is 16.3. The maximum Gasteiger partial charge on any atom is 0.243 e. The van der Waals surface area contributed by atoms with Gasteiger partial charge in [0.1, 0.15) is 12.7 Å². The topological polar surface area (TPSA) is 97.2 Å². The minimum Gasteiger partial charge on any atom is -0.352 e. The first-order valence-corrected chi connectivity index (χ1v) is 13.0. The Morgan fingerprint density at radius 1 is 1.09 bits per heavy atom. The SMILES string of the molecule is CC(C)c1ccc(S(=O)(=O)N2CCC(C(=O)NCc3cccc(Cn4cncn4)c3)CC2)cc1. The molecular weight excluding hydrogens is 450 g/mol. The van der Waals surface area contributed by atoms with Crippen molar-refractivity contribution in [3.05, 3.63) is 77.9 Å². The van der Waals surface area contributed by atoms with Gasteiger partial charge in [-0.25, -0.2) is 18.1 Å². The highest BCUT2D eigenvalue weighted by Gasteiger charge is 2.32. The van der Waals surface area contributed by atoms with Crippen molar-refractivity contribution in [2.75, 3.05) is 13.1 Å². The second kappa shape index (κ2) is 10.5. The van der Waals surface area contributed by atoms with Gasteiger partial charge in [-0.05, 0) is 47.6 Å². The summed E-state index contributed by atoms with van der Waals surface area (Å²) >= 11 is 0. The summed E-state index contributed by atoms with van der Waals surface area (Å²) in [4.78, 5) is 17.0. The number of nitrogens with zero attached hydrogens (tertiary/aromatic N) is 4. The lowest BCUT2D eigenvalue weighted by Crippen LogP contribution is -2.42. The lowest BCUT2D eigenvalue weighted by molar-refractivity contribution is -0.126. The van der Waals surface area contributed by atoms with Crippen molar-refractivity contribution >= 4 is 15.9 Å². The second-order valence-electron chi connectivity index (χ2n) is 9.03. The van der Waals surface area contributed by atoms with E-state index in [1.54, 1.807) is 23.1 Å². The predicted molar refractivity (Wildman–Crippen MR) is 129 cm³/mol. The largest absolute Gasteiger partial charge is 0.352 e. The summed E-state index contributed by atoms with van der Waals surface area (Å²) in [7, 11) is -3.55. The van der Waals surface area contributed by atoms with Gasteiger partial charge in [0.05, 0.1) is 11.4 Å². The van der Waals surface area contributed by atoms with E-state index in [4.69, 9.17) is 0 Å². The fraction of sp³-hybridized carbons (Fsp3) is 0.400. The molecule has 1 saturated heterocycles. The summed E-state index contributed by atoms with van der Waals surface area (Å²) in [5, 5.41) is 7.13. The third-order valence-electron chi connectivity index (χ3n) is 6.28. The summed E-state index contributed by atoms with van der Waals surface area (Å²) in [6.45, 7) is 5.91. The molecule has 1 fully saturated rings. The summed E-state index contributed by atoms with van der Waals surface area (Å²) in [6.07, 6.45) is 4.20. The third-order valence-corrected chi connectivity index (χ3v) is 8.19. The molecule has 1 aliphatic heterocycles. The van der Waals surface area contributed by atoms with E-state index >= 15 is 0 Å². The second-order valence-corrected chi connectivity index (χ2v) is 11.0. The smallest absolute Gasteiger partial charge is 0.243 e. The van der Waals surface area contributed by atoms with Crippen molar-refractivity contribution in [2.24, 2.45) is 5.92 Å². The number of benzene rings is 2. The van der Waals surface area contributed by atoms with E-state index in [0.717, 1.165) is 16.7 Å². The van der Waals surface area contributed by atoms with Gasteiger partial charge in [0.2, 0.25) is 15.9 Å². The van der Waals surface area contributed by atoms with Gasteiger partial charge in [-0.3, -0.25) is 4.79 Å². The number of carbonyl (C=O) groups excluding carboxylic acids is 1. The lowest BCUT2D eigenvalue weighted by Gasteiger charge is -2.30. The summed E-state index contributed by atoms with van der Waals surface area (Å²) in [5.74, 6) is 0.135. The van der Waals surface area contributed by atoms with Crippen LogP contribution in [0.1, 0.15) is 49.3 Å². The van der Waals surface area contributed by atoms with E-state index in [9.17, 15) is 13.2 Å². The van der Waals surface area contributed by atoms with E-state index in [-0.39, 0.29) is 11.8 Å². The molecule has 0 spiro atoms. The molecule has 0 bridgehead atoms. The van der Waals surface area contributed by atoms with Gasteiger partial charge >= 0.3 is 0 Å². The Morgan fingerprint density at radius 3 is 2.44 bits per heavy atom. The van der Waals surface area contributed by atoms with E-state index in [1.807, 2.05) is 36.4 Å². The zero-order valence-corrected chi connectivity index (χ0v) is 20.4. The average molecular weight is 482 g/mol. The number of hydrogen-bond donors (Lipinski definition) is 1. The zero-order valence-electron chi connectivity index (χ0n) is 19.6. The van der Waals surface area contributed by atoms with Crippen molar-refractivity contribution in [3.63, 3.8) is 0 Å². The Hall–Kier alpha value is -3.04. The van der Waals surface area contributed by atoms with Gasteiger partial charge in [-0.2, -0.15) is 9.40 Å². The van der Waals surface area contributed by atoms with Crippen LogP contribution >= 0.6 is 0 Å². The number of amides is 1. The maximum atomic E-state index is 13.0. The molecule has 8 nitrogen and oxygen atoms in total. The van der Waals surface area contributed by atoms with Crippen LogP contribution in [0.25, 0.3) is 0 Å². The van der Waals surface area contributed by atoms with Gasteiger partial charge in [-0.1, -0.05) is 50.2 Å². The first-order valence-electron chi connectivity index (χ1n) is 11.6. The summed E-state index contributed by atoms with van der Waals surface area (Å²) < 4.78 is 29.3. The van der Waals surface area contributed by atoms with Crippen LogP contribution in [-0.2, 0) is 27.9 Å². The minimum absolute atomic E-state index is 0.0278. The molecule has 1 aliphatic rings. The molecule has 34 heavy (non-hydrogen) atoms. The Morgan fingerprint density at radius 2 is 1.79 bits per heavy atom. The van der Waals surface area contributed by atoms with Crippen molar-refractivity contribution in [2.45, 2.75) is 50.6 Å². The Balaban J connectivity index is 1.29. The monoisotopic (exact) mass is 481 g/mol. The molecule has 1 N–H and O–H groups in total. The van der Waals surface area contributed by atoms with Gasteiger partial charge < -0.3 is 5.32 Å². The van der Waals surface area contributed by atoms with Crippen LogP contribution in [0.4, 0.5) is 0 Å². The fourth-order valence-electron chi connectivity index (χ4n) is 4.21. The molecule has 2 heterocycles. The van der Waals surface area contributed by atoms with Crippen molar-refractivity contribution in [1.29, 1.82) is 0 Å². The number of piperidine rings is 1. The molecule has 0 atom stereocenters. The van der Waals surface area contributed by atoms with Crippen LogP contribution in [0.3, 0.4) is 0 Å². The van der Waals surface area contributed by atoms with Gasteiger partial charge in [0.15, 0.2) is 0 Å². The number of rotatable bonds is 8. The van der Waals surface area contributed by atoms with Crippen molar-refractivity contribution < 1.29 is 13.2 Å². The van der Waals surface area contributed by atoms with E-state index in [1.165, 1.54) is 10.6 Å². The predicted octanol–water partition coefficient (Wildman–Crippen LogP) is 3.17. The minimum atomic E-state index is -3.55.